The molecule has 7 nitrogen and oxygen atoms in total. The van der Waals surface area contributed by atoms with E-state index in [-0.39, 0.29) is 34.4 Å². The lowest BCUT2D eigenvalue weighted by molar-refractivity contribution is -0.121. The largest absolute Gasteiger partial charge is 0.454 e. The number of halogens is 1. The monoisotopic (exact) mass is 530 g/mol. The van der Waals surface area contributed by atoms with Gasteiger partial charge in [0.05, 0.1) is 16.3 Å². The van der Waals surface area contributed by atoms with Crippen LogP contribution in [0.3, 0.4) is 0 Å². The van der Waals surface area contributed by atoms with E-state index in [1.54, 1.807) is 24.3 Å². The Kier molecular flexibility index (Phi) is 8.20. The minimum Gasteiger partial charge on any atom is -0.454 e. The second-order valence-corrected chi connectivity index (χ2v) is 10.5. The van der Waals surface area contributed by atoms with Gasteiger partial charge in [-0.2, -0.15) is 0 Å². The minimum absolute atomic E-state index is 0.0748. The molecular formula is C25H23ClN2O5S2. The Morgan fingerprint density at radius 1 is 1.03 bits per heavy atom. The topological polar surface area (TPSA) is 84.0 Å². The van der Waals surface area contributed by atoms with Gasteiger partial charge in [0.2, 0.25) is 17.6 Å². The number of amides is 2. The summed E-state index contributed by atoms with van der Waals surface area (Å²) in [6.45, 7) is 1.31. The Hall–Kier alpha value is -2.75. The molecule has 2 aliphatic heterocycles. The van der Waals surface area contributed by atoms with Gasteiger partial charge in [0.1, 0.15) is 9.57 Å². The van der Waals surface area contributed by atoms with Crippen LogP contribution in [0.4, 0.5) is 5.69 Å². The highest BCUT2D eigenvalue weighted by molar-refractivity contribution is 8.23. The fourth-order valence-corrected chi connectivity index (χ4v) is 5.75. The molecule has 2 amide bonds. The van der Waals surface area contributed by atoms with Crippen LogP contribution < -0.4 is 4.90 Å². The van der Waals surface area contributed by atoms with Crippen molar-refractivity contribution in [3.63, 3.8) is 0 Å². The molecule has 2 saturated heterocycles. The van der Waals surface area contributed by atoms with Crippen molar-refractivity contribution in [2.45, 2.75) is 30.9 Å². The first kappa shape index (κ1) is 25.3. The smallest absolute Gasteiger partial charge is 0.338 e. The quantitative estimate of drug-likeness (QED) is 0.233. The van der Waals surface area contributed by atoms with E-state index < -0.39 is 23.6 Å². The van der Waals surface area contributed by atoms with Gasteiger partial charge in [0.15, 0.2) is 6.61 Å². The van der Waals surface area contributed by atoms with E-state index in [1.807, 2.05) is 0 Å². The maximum atomic E-state index is 13.0. The number of ketones is 1. The van der Waals surface area contributed by atoms with E-state index in [2.05, 4.69) is 4.90 Å². The number of thiocarbonyl (C=S) groups is 1. The first-order chi connectivity index (χ1) is 16.8. The molecule has 0 aliphatic carbocycles. The maximum Gasteiger partial charge on any atom is 0.338 e. The lowest BCUT2D eigenvalue weighted by Gasteiger charge is -2.29. The molecular weight excluding hydrogens is 508 g/mol. The second kappa shape index (κ2) is 11.3. The third kappa shape index (κ3) is 5.91. The van der Waals surface area contributed by atoms with Crippen molar-refractivity contribution in [3.05, 3.63) is 64.7 Å². The SMILES string of the molecule is O=C(OCC(=O)c1ccccc1Cl)c1ccc(N2C(=O)C[C@H](SC(=S)N3CCCCC3)C2=O)cc1. The van der Waals surface area contributed by atoms with Crippen molar-refractivity contribution >= 4 is 69.2 Å². The van der Waals surface area contributed by atoms with Crippen LogP contribution in [0.5, 0.6) is 0 Å². The number of esters is 1. The van der Waals surface area contributed by atoms with Crippen LogP contribution in [0.2, 0.25) is 5.02 Å². The molecule has 1 atom stereocenters. The molecule has 0 spiro atoms. The molecule has 0 aromatic heterocycles. The van der Waals surface area contributed by atoms with Crippen molar-refractivity contribution in [3.8, 4) is 0 Å². The van der Waals surface area contributed by atoms with Crippen LogP contribution >= 0.6 is 35.6 Å². The number of nitrogens with zero attached hydrogens (tertiary/aromatic N) is 2. The van der Waals surface area contributed by atoms with Crippen molar-refractivity contribution in [1.29, 1.82) is 0 Å². The average Bonchev–Trinajstić information content (AvgIpc) is 3.15. The van der Waals surface area contributed by atoms with E-state index >= 15 is 0 Å². The zero-order valence-electron chi connectivity index (χ0n) is 18.8. The van der Waals surface area contributed by atoms with Crippen LogP contribution in [0.1, 0.15) is 46.4 Å². The first-order valence-corrected chi connectivity index (χ1v) is 12.9. The number of benzene rings is 2. The molecule has 4 rings (SSSR count). The Morgan fingerprint density at radius 3 is 2.40 bits per heavy atom. The third-order valence-corrected chi connectivity index (χ3v) is 7.82. The zero-order chi connectivity index (χ0) is 24.9. The molecule has 2 aromatic carbocycles. The van der Waals surface area contributed by atoms with Gasteiger partial charge in [-0.3, -0.25) is 14.4 Å². The van der Waals surface area contributed by atoms with Gasteiger partial charge >= 0.3 is 5.97 Å². The molecule has 0 N–H and O–H groups in total. The van der Waals surface area contributed by atoms with Crippen LogP contribution in [0, 0.1) is 0 Å². The fraction of sp³-hybridized carbons (Fsp3) is 0.320. The number of piperidine rings is 1. The van der Waals surface area contributed by atoms with Crippen LogP contribution in [0.15, 0.2) is 48.5 Å². The molecule has 2 aromatic rings. The Balaban J connectivity index is 1.35. The first-order valence-electron chi connectivity index (χ1n) is 11.2. The van der Waals surface area contributed by atoms with Gasteiger partial charge in [-0.05, 0) is 55.7 Å². The van der Waals surface area contributed by atoms with Crippen LogP contribution in [0.25, 0.3) is 0 Å². The average molecular weight is 531 g/mol. The zero-order valence-corrected chi connectivity index (χ0v) is 21.2. The Bertz CT molecular complexity index is 1160. The summed E-state index contributed by atoms with van der Waals surface area (Å²) in [6.07, 6.45) is 3.41. The maximum absolute atomic E-state index is 13.0. The number of hydrogen-bond acceptors (Lipinski definition) is 7. The summed E-state index contributed by atoms with van der Waals surface area (Å²) in [4.78, 5) is 53.4. The summed E-state index contributed by atoms with van der Waals surface area (Å²) in [5.41, 5.74) is 0.836. The summed E-state index contributed by atoms with van der Waals surface area (Å²) in [5.74, 6) is -1.74. The molecule has 2 fully saturated rings. The number of thioether (sulfide) groups is 1. The van der Waals surface area contributed by atoms with Gasteiger partial charge in [-0.15, -0.1) is 0 Å². The van der Waals surface area contributed by atoms with E-state index in [4.69, 9.17) is 28.6 Å². The molecule has 2 heterocycles. The number of carbonyl (C=O) groups excluding carboxylic acids is 4. The van der Waals surface area contributed by atoms with E-state index in [0.29, 0.717) is 10.0 Å². The van der Waals surface area contributed by atoms with Crippen molar-refractivity contribution in [2.75, 3.05) is 24.6 Å². The fourth-order valence-electron chi connectivity index (χ4n) is 3.97. The highest BCUT2D eigenvalue weighted by atomic mass is 35.5. The van der Waals surface area contributed by atoms with Crippen LogP contribution in [-0.4, -0.2) is 57.7 Å². The molecule has 0 bridgehead atoms. The summed E-state index contributed by atoms with van der Waals surface area (Å²) in [5, 5.41) is -0.275. The molecule has 10 heteroatoms. The summed E-state index contributed by atoms with van der Waals surface area (Å²) < 4.78 is 5.76. The molecule has 2 aliphatic rings. The van der Waals surface area contributed by atoms with Gasteiger partial charge in [-0.25, -0.2) is 9.69 Å². The number of ether oxygens (including phenoxy) is 1. The summed E-state index contributed by atoms with van der Waals surface area (Å²) in [7, 11) is 0. The van der Waals surface area contributed by atoms with Crippen molar-refractivity contribution in [1.82, 2.24) is 4.90 Å². The van der Waals surface area contributed by atoms with Gasteiger partial charge in [-0.1, -0.05) is 47.7 Å². The highest BCUT2D eigenvalue weighted by Gasteiger charge is 2.41. The lowest BCUT2D eigenvalue weighted by atomic mass is 10.1. The molecule has 0 radical (unpaired) electrons. The number of imide groups is 1. The van der Waals surface area contributed by atoms with E-state index in [0.717, 1.165) is 30.8 Å². The minimum atomic E-state index is -0.698. The standard InChI is InChI=1S/C25H23ClN2O5S2/c26-19-7-3-2-6-18(19)20(29)15-33-24(32)16-8-10-17(11-9-16)28-22(30)14-21(23(28)31)35-25(34)27-12-4-1-5-13-27/h2-3,6-11,21H,1,4-5,12-15H2/t21-/m0/s1. The summed E-state index contributed by atoms with van der Waals surface area (Å²) in [6, 6.07) is 12.4. The van der Waals surface area contributed by atoms with E-state index in [1.165, 1.54) is 42.4 Å². The molecule has 35 heavy (non-hydrogen) atoms. The third-order valence-electron chi connectivity index (χ3n) is 5.83. The Labute approximate surface area is 217 Å². The molecule has 0 saturated carbocycles. The normalized spacial score (nSPS) is 18.0. The van der Waals surface area contributed by atoms with Crippen LogP contribution in [-0.2, 0) is 14.3 Å². The number of anilines is 1. The van der Waals surface area contributed by atoms with Gasteiger partial charge in [0, 0.05) is 25.1 Å². The lowest BCUT2D eigenvalue weighted by Crippen LogP contribution is -2.35. The number of Topliss-reactive ketones (excluding diaryl/α,β-unsaturated/α-hetero) is 1. The van der Waals surface area contributed by atoms with E-state index in [9.17, 15) is 19.2 Å². The molecule has 0 unspecified atom stereocenters. The van der Waals surface area contributed by atoms with Gasteiger partial charge in [0.25, 0.3) is 0 Å². The van der Waals surface area contributed by atoms with Gasteiger partial charge < -0.3 is 9.64 Å². The predicted octanol–water partition coefficient (Wildman–Crippen LogP) is 4.52. The second-order valence-electron chi connectivity index (χ2n) is 8.22. The summed E-state index contributed by atoms with van der Waals surface area (Å²) >= 11 is 12.8. The number of likely N-dealkylation sites (tertiary alicyclic amines) is 1. The number of carbonyl (C=O) groups is 4. The predicted molar refractivity (Wildman–Crippen MR) is 139 cm³/mol. The van der Waals surface area contributed by atoms with Crippen molar-refractivity contribution < 1.29 is 23.9 Å². The number of hydrogen-bond donors (Lipinski definition) is 0. The Morgan fingerprint density at radius 2 is 1.71 bits per heavy atom. The molecule has 182 valence electrons. The highest BCUT2D eigenvalue weighted by Crippen LogP contribution is 2.32. The van der Waals surface area contributed by atoms with Crippen molar-refractivity contribution in [2.24, 2.45) is 0 Å². The number of rotatable bonds is 6.